The van der Waals surface area contributed by atoms with E-state index in [1.165, 1.54) is 0 Å². The molecule has 2 aromatic heterocycles. The van der Waals surface area contributed by atoms with Crippen LogP contribution in [0.4, 0.5) is 17.5 Å². The van der Waals surface area contributed by atoms with Gasteiger partial charge in [0.2, 0.25) is 0 Å². The zero-order valence-electron chi connectivity index (χ0n) is 17.2. The Kier molecular flexibility index (Phi) is 5.80. The van der Waals surface area contributed by atoms with Gasteiger partial charge in [0.05, 0.1) is 25.6 Å². The number of likely N-dealkylation sites (tertiary alicyclic amines) is 1. The Balaban J connectivity index is 1.39. The maximum absolute atomic E-state index is 5.41. The van der Waals surface area contributed by atoms with Gasteiger partial charge in [0.1, 0.15) is 17.5 Å². The summed E-state index contributed by atoms with van der Waals surface area (Å²) in [5.41, 5.74) is 2.07. The number of nitrogens with one attached hydrogen (secondary N) is 1. The molecule has 0 aromatic carbocycles. The van der Waals surface area contributed by atoms with E-state index < -0.39 is 0 Å². The summed E-state index contributed by atoms with van der Waals surface area (Å²) < 4.78 is 5.41. The molecule has 0 amide bonds. The number of likely N-dealkylation sites (N-methyl/N-ethyl adjacent to an activating group) is 1. The number of hydrogen-bond donors (Lipinski definition) is 1. The lowest BCUT2D eigenvalue weighted by atomic mass is 10.2. The van der Waals surface area contributed by atoms with Gasteiger partial charge in [-0.25, -0.2) is 15.0 Å². The molecule has 0 bridgehead atoms. The van der Waals surface area contributed by atoms with E-state index in [9.17, 15) is 0 Å². The van der Waals surface area contributed by atoms with E-state index in [1.807, 2.05) is 31.6 Å². The van der Waals surface area contributed by atoms with Crippen molar-refractivity contribution < 1.29 is 4.74 Å². The average Bonchev–Trinajstić information content (AvgIpc) is 3.44. The Morgan fingerprint density at radius 3 is 2.86 bits per heavy atom. The molecule has 1 N–H and O–H groups in total. The fourth-order valence-corrected chi connectivity index (χ4v) is 3.94. The molecule has 154 valence electrons. The first-order chi connectivity index (χ1) is 14.2. The molecule has 2 aromatic rings. The molecule has 0 aliphatic carbocycles. The number of ether oxygens (including phenoxy) is 1. The van der Waals surface area contributed by atoms with Gasteiger partial charge in [-0.1, -0.05) is 6.58 Å². The standard InChI is InChI=1S/C21H29N7O/c1-4-22-21-18(5-7-23-21)16(2)28-8-6-17(15-28)26(3)19-13-25-20(14-24-19)27-9-11-29-12-10-27/h4-5,7,13-14,17,23H,2,6,8-12,15H2,1,3H3. The lowest BCUT2D eigenvalue weighted by Gasteiger charge is -2.29. The number of nitrogens with zero attached hydrogens (tertiary/aromatic N) is 6. The van der Waals surface area contributed by atoms with Crippen molar-refractivity contribution in [2.24, 2.45) is 4.99 Å². The largest absolute Gasteiger partial charge is 0.378 e. The van der Waals surface area contributed by atoms with Crippen LogP contribution in [0.25, 0.3) is 5.70 Å². The molecular formula is C21H29N7O. The molecule has 1 atom stereocenters. The van der Waals surface area contributed by atoms with Gasteiger partial charge in [0.15, 0.2) is 0 Å². The van der Waals surface area contributed by atoms with Crippen molar-refractivity contribution in [3.8, 4) is 0 Å². The maximum Gasteiger partial charge on any atom is 0.147 e. The molecule has 2 aliphatic heterocycles. The van der Waals surface area contributed by atoms with E-state index >= 15 is 0 Å². The highest BCUT2D eigenvalue weighted by Crippen LogP contribution is 2.30. The van der Waals surface area contributed by atoms with Crippen LogP contribution in [0.5, 0.6) is 0 Å². The first-order valence-corrected chi connectivity index (χ1v) is 10.1. The van der Waals surface area contributed by atoms with Gasteiger partial charge in [-0.2, -0.15) is 0 Å². The molecular weight excluding hydrogens is 366 g/mol. The van der Waals surface area contributed by atoms with Gasteiger partial charge >= 0.3 is 0 Å². The fraction of sp³-hybridized carbons (Fsp3) is 0.476. The summed E-state index contributed by atoms with van der Waals surface area (Å²) in [4.78, 5) is 23.7. The number of aliphatic imine (C=N–C) groups is 1. The van der Waals surface area contributed by atoms with Crippen molar-refractivity contribution in [2.75, 3.05) is 56.2 Å². The molecule has 0 saturated carbocycles. The molecule has 8 nitrogen and oxygen atoms in total. The fourth-order valence-electron chi connectivity index (χ4n) is 3.94. The highest BCUT2D eigenvalue weighted by atomic mass is 16.5. The van der Waals surface area contributed by atoms with Crippen LogP contribution >= 0.6 is 0 Å². The van der Waals surface area contributed by atoms with Gasteiger partial charge in [0.25, 0.3) is 0 Å². The quantitative estimate of drug-likeness (QED) is 0.758. The Hall–Kier alpha value is -2.87. The van der Waals surface area contributed by atoms with Crippen molar-refractivity contribution in [3.05, 3.63) is 36.8 Å². The van der Waals surface area contributed by atoms with Crippen molar-refractivity contribution in [1.82, 2.24) is 19.9 Å². The molecule has 4 rings (SSSR count). The molecule has 1 unspecified atom stereocenters. The molecule has 4 heterocycles. The Morgan fingerprint density at radius 1 is 1.31 bits per heavy atom. The molecule has 8 heteroatoms. The lowest BCUT2D eigenvalue weighted by Crippen LogP contribution is -2.37. The smallest absolute Gasteiger partial charge is 0.147 e. The minimum atomic E-state index is 0.368. The Bertz CT molecular complexity index is 854. The Morgan fingerprint density at radius 2 is 2.14 bits per heavy atom. The van der Waals surface area contributed by atoms with Crippen LogP contribution in [0.3, 0.4) is 0 Å². The predicted octanol–water partition coefficient (Wildman–Crippen LogP) is 2.54. The first kappa shape index (κ1) is 19.4. The topological polar surface area (TPSA) is 72.9 Å². The van der Waals surface area contributed by atoms with Crippen LogP contribution in [-0.4, -0.2) is 78.5 Å². The molecule has 0 spiro atoms. The second-order valence-electron chi connectivity index (χ2n) is 7.41. The molecule has 2 fully saturated rings. The molecule has 29 heavy (non-hydrogen) atoms. The monoisotopic (exact) mass is 395 g/mol. The first-order valence-electron chi connectivity index (χ1n) is 10.1. The predicted molar refractivity (Wildman–Crippen MR) is 117 cm³/mol. The summed E-state index contributed by atoms with van der Waals surface area (Å²) in [6.45, 7) is 11.3. The van der Waals surface area contributed by atoms with Crippen molar-refractivity contribution in [2.45, 2.75) is 19.4 Å². The van der Waals surface area contributed by atoms with Gasteiger partial charge < -0.3 is 24.4 Å². The van der Waals surface area contributed by atoms with Crippen molar-refractivity contribution in [1.29, 1.82) is 0 Å². The number of morpholine rings is 1. The third-order valence-corrected chi connectivity index (χ3v) is 5.71. The second kappa shape index (κ2) is 8.65. The van der Waals surface area contributed by atoms with E-state index in [0.717, 1.165) is 74.5 Å². The van der Waals surface area contributed by atoms with Crippen molar-refractivity contribution >= 4 is 29.4 Å². The third kappa shape index (κ3) is 4.12. The second-order valence-corrected chi connectivity index (χ2v) is 7.41. The van der Waals surface area contributed by atoms with Crippen LogP contribution in [0.15, 0.2) is 36.2 Å². The van der Waals surface area contributed by atoms with E-state index in [4.69, 9.17) is 4.74 Å². The van der Waals surface area contributed by atoms with Crippen LogP contribution < -0.4 is 9.80 Å². The summed E-state index contributed by atoms with van der Waals surface area (Å²) in [6.07, 6.45) is 8.51. The summed E-state index contributed by atoms with van der Waals surface area (Å²) in [5, 5.41) is 0. The SMILES string of the molecule is C=C(c1cc[nH]c1N=CC)N1CCC(N(C)c2cnc(N3CCOCC3)cn2)C1. The van der Waals surface area contributed by atoms with E-state index in [2.05, 4.69) is 48.3 Å². The van der Waals surface area contributed by atoms with Crippen LogP contribution in [-0.2, 0) is 4.74 Å². The lowest BCUT2D eigenvalue weighted by molar-refractivity contribution is 0.122. The van der Waals surface area contributed by atoms with Gasteiger partial charge in [-0.05, 0) is 19.4 Å². The zero-order valence-corrected chi connectivity index (χ0v) is 17.2. The van der Waals surface area contributed by atoms with E-state index in [0.29, 0.717) is 6.04 Å². The van der Waals surface area contributed by atoms with Crippen LogP contribution in [0.2, 0.25) is 0 Å². The summed E-state index contributed by atoms with van der Waals surface area (Å²) >= 11 is 0. The Labute approximate surface area is 171 Å². The normalized spacial score (nSPS) is 19.9. The number of aromatic nitrogens is 3. The number of H-pyrrole nitrogens is 1. The van der Waals surface area contributed by atoms with Crippen LogP contribution in [0, 0.1) is 0 Å². The summed E-state index contributed by atoms with van der Waals surface area (Å²) in [5.74, 6) is 2.68. The zero-order chi connectivity index (χ0) is 20.2. The van der Waals surface area contributed by atoms with Gasteiger partial charge in [0, 0.05) is 62.9 Å². The molecule has 0 radical (unpaired) electrons. The maximum atomic E-state index is 5.41. The number of rotatable bonds is 6. The van der Waals surface area contributed by atoms with E-state index in [1.54, 1.807) is 6.21 Å². The number of anilines is 2. The summed E-state index contributed by atoms with van der Waals surface area (Å²) in [6, 6.07) is 2.41. The average molecular weight is 396 g/mol. The number of hydrogen-bond acceptors (Lipinski definition) is 7. The minimum Gasteiger partial charge on any atom is -0.378 e. The van der Waals surface area contributed by atoms with Crippen LogP contribution in [0.1, 0.15) is 18.9 Å². The molecule has 2 saturated heterocycles. The van der Waals surface area contributed by atoms with E-state index in [-0.39, 0.29) is 0 Å². The van der Waals surface area contributed by atoms with Crippen molar-refractivity contribution in [3.63, 3.8) is 0 Å². The molecule has 2 aliphatic rings. The minimum absolute atomic E-state index is 0.368. The third-order valence-electron chi connectivity index (χ3n) is 5.71. The summed E-state index contributed by atoms with van der Waals surface area (Å²) in [7, 11) is 2.10. The highest BCUT2D eigenvalue weighted by molar-refractivity contribution is 5.73. The number of aromatic amines is 1. The highest BCUT2D eigenvalue weighted by Gasteiger charge is 2.28. The van der Waals surface area contributed by atoms with Gasteiger partial charge in [-0.15, -0.1) is 0 Å². The van der Waals surface area contributed by atoms with Gasteiger partial charge in [-0.3, -0.25) is 0 Å².